The van der Waals surface area contributed by atoms with Crippen LogP contribution >= 0.6 is 0 Å². The number of ether oxygens (including phenoxy) is 1. The summed E-state index contributed by atoms with van der Waals surface area (Å²) in [5, 5.41) is 17.9. The van der Waals surface area contributed by atoms with Crippen LogP contribution in [0.4, 0.5) is 0 Å². The first-order valence-electron chi connectivity index (χ1n) is 11.3. The van der Waals surface area contributed by atoms with E-state index in [0.29, 0.717) is 30.3 Å². The Hall–Kier alpha value is -2.63. The molecule has 0 bridgehead atoms. The molecule has 6 heteroatoms. The molecule has 2 N–H and O–H groups in total. The minimum absolute atomic E-state index is 0.0982. The third-order valence-corrected chi connectivity index (χ3v) is 5.22. The number of carbonyl (C=O) groups is 3. The smallest absolute Gasteiger partial charge is 0.335 e. The van der Waals surface area contributed by atoms with Gasteiger partial charge in [-0.25, -0.2) is 9.59 Å². The van der Waals surface area contributed by atoms with Crippen molar-refractivity contribution < 1.29 is 29.3 Å². The monoisotopic (exact) mass is 448 g/mol. The fourth-order valence-corrected chi connectivity index (χ4v) is 3.96. The molecule has 6 nitrogen and oxygen atoms in total. The highest BCUT2D eigenvalue weighted by molar-refractivity contribution is 5.90. The van der Waals surface area contributed by atoms with E-state index in [0.717, 1.165) is 37.3 Å². The van der Waals surface area contributed by atoms with Gasteiger partial charge in [-0.1, -0.05) is 57.9 Å². The predicted molar refractivity (Wildman–Crippen MR) is 127 cm³/mol. The Morgan fingerprint density at radius 1 is 0.906 bits per heavy atom. The number of allylic oxidation sites excluding steroid dienone is 5. The summed E-state index contributed by atoms with van der Waals surface area (Å²) in [7, 11) is 0. The second-order valence-corrected chi connectivity index (χ2v) is 8.84. The van der Waals surface area contributed by atoms with E-state index >= 15 is 0 Å². The lowest BCUT2D eigenvalue weighted by molar-refractivity contribution is -0.142. The van der Waals surface area contributed by atoms with Crippen LogP contribution in [0.25, 0.3) is 0 Å². The van der Waals surface area contributed by atoms with Crippen LogP contribution in [0.3, 0.4) is 0 Å². The summed E-state index contributed by atoms with van der Waals surface area (Å²) in [6.45, 7) is 12.5. The zero-order chi connectivity index (χ0) is 24.7. The Labute approximate surface area is 192 Å². The molecule has 0 amide bonds. The maximum absolute atomic E-state index is 11.4. The molecule has 0 spiro atoms. The Bertz CT molecular complexity index is 729. The number of hydrogen-bond donors (Lipinski definition) is 2. The van der Waals surface area contributed by atoms with Crippen molar-refractivity contribution in [2.45, 2.75) is 67.2 Å². The maximum atomic E-state index is 11.4. The van der Waals surface area contributed by atoms with Crippen molar-refractivity contribution in [3.63, 3.8) is 0 Å². The average Bonchev–Trinajstić information content (AvgIpc) is 2.66. The molecule has 0 radical (unpaired) electrons. The number of rotatable bonds is 15. The topological polar surface area (TPSA) is 101 Å². The first-order chi connectivity index (χ1) is 14.9. The Morgan fingerprint density at radius 3 is 2.03 bits per heavy atom. The van der Waals surface area contributed by atoms with Gasteiger partial charge in [-0.05, 0) is 62.0 Å². The molecule has 0 aliphatic carbocycles. The largest absolute Gasteiger partial charge is 0.478 e. The van der Waals surface area contributed by atoms with E-state index in [1.807, 2.05) is 6.92 Å². The summed E-state index contributed by atoms with van der Waals surface area (Å²) in [5.74, 6) is -0.649. The van der Waals surface area contributed by atoms with E-state index in [1.54, 1.807) is 6.08 Å². The molecule has 0 saturated carbocycles. The van der Waals surface area contributed by atoms with Crippen LogP contribution in [0.1, 0.15) is 67.2 Å². The molecule has 0 fully saturated rings. The lowest BCUT2D eigenvalue weighted by atomic mass is 9.84. The van der Waals surface area contributed by atoms with Crippen LogP contribution in [-0.2, 0) is 19.1 Å². The van der Waals surface area contributed by atoms with Gasteiger partial charge >= 0.3 is 17.9 Å². The van der Waals surface area contributed by atoms with E-state index in [9.17, 15) is 19.5 Å². The molecule has 0 aromatic rings. The van der Waals surface area contributed by atoms with Crippen molar-refractivity contribution >= 4 is 17.9 Å². The van der Waals surface area contributed by atoms with Gasteiger partial charge in [-0.2, -0.15) is 0 Å². The first kappa shape index (κ1) is 29.4. The summed E-state index contributed by atoms with van der Waals surface area (Å²) < 4.78 is 5.17. The third-order valence-electron chi connectivity index (χ3n) is 5.22. The van der Waals surface area contributed by atoms with E-state index in [-0.39, 0.29) is 11.5 Å². The molecule has 0 rings (SSSR count). The predicted octanol–water partition coefficient (Wildman–Crippen LogP) is 5.81. The van der Waals surface area contributed by atoms with Gasteiger partial charge in [0.15, 0.2) is 0 Å². The van der Waals surface area contributed by atoms with Gasteiger partial charge < -0.3 is 14.9 Å². The molecule has 0 heterocycles. The zero-order valence-corrected chi connectivity index (χ0v) is 20.3. The van der Waals surface area contributed by atoms with Gasteiger partial charge in [0.25, 0.3) is 0 Å². The maximum Gasteiger partial charge on any atom is 0.335 e. The number of esters is 1. The van der Waals surface area contributed by atoms with Crippen molar-refractivity contribution in [2.75, 3.05) is 6.61 Å². The molecule has 0 aliphatic heterocycles. The van der Waals surface area contributed by atoms with E-state index in [1.165, 1.54) is 25.2 Å². The highest BCUT2D eigenvalue weighted by Crippen LogP contribution is 2.26. The minimum Gasteiger partial charge on any atom is -0.478 e. The average molecular weight is 449 g/mol. The number of carbonyl (C=O) groups excluding carboxylic acids is 1. The molecule has 4 atom stereocenters. The molecule has 0 aliphatic rings. The van der Waals surface area contributed by atoms with E-state index < -0.39 is 11.9 Å². The van der Waals surface area contributed by atoms with Crippen LogP contribution in [0.2, 0.25) is 0 Å². The van der Waals surface area contributed by atoms with Gasteiger partial charge in [0.1, 0.15) is 0 Å². The fraction of sp³-hybridized carbons (Fsp3) is 0.577. The Balaban J connectivity index is 4.84. The van der Waals surface area contributed by atoms with Gasteiger partial charge in [0, 0.05) is 13.0 Å². The highest BCUT2D eigenvalue weighted by atomic mass is 16.5. The van der Waals surface area contributed by atoms with Gasteiger partial charge in [-0.15, -0.1) is 0 Å². The molecule has 0 aromatic heterocycles. The second-order valence-electron chi connectivity index (χ2n) is 8.84. The number of carboxylic acids is 2. The molecule has 0 aromatic carbocycles. The normalized spacial score (nSPS) is 16.7. The van der Waals surface area contributed by atoms with Crippen molar-refractivity contribution in [2.24, 2.45) is 23.7 Å². The van der Waals surface area contributed by atoms with Crippen molar-refractivity contribution in [1.29, 1.82) is 0 Å². The summed E-state index contributed by atoms with van der Waals surface area (Å²) >= 11 is 0. The molecular weight excluding hydrogens is 408 g/mol. The molecule has 32 heavy (non-hydrogen) atoms. The number of carboxylic acid groups (broad SMARTS) is 2. The fourth-order valence-electron chi connectivity index (χ4n) is 3.96. The van der Waals surface area contributed by atoms with E-state index in [2.05, 4.69) is 33.8 Å². The molecule has 0 unspecified atom stereocenters. The second kappa shape index (κ2) is 16.1. The van der Waals surface area contributed by atoms with Crippen LogP contribution in [0.5, 0.6) is 0 Å². The lowest BCUT2D eigenvalue weighted by Crippen LogP contribution is -2.16. The summed E-state index contributed by atoms with van der Waals surface area (Å²) in [6, 6.07) is 0. The molecule has 180 valence electrons. The van der Waals surface area contributed by atoms with Crippen LogP contribution in [0.15, 0.2) is 47.6 Å². The zero-order valence-electron chi connectivity index (χ0n) is 20.3. The third kappa shape index (κ3) is 15.2. The van der Waals surface area contributed by atoms with Gasteiger partial charge in [0.05, 0.1) is 12.2 Å². The lowest BCUT2D eigenvalue weighted by Gasteiger charge is -2.23. The summed E-state index contributed by atoms with van der Waals surface area (Å²) in [6.07, 6.45) is 12.8. The van der Waals surface area contributed by atoms with Gasteiger partial charge in [-0.3, -0.25) is 4.79 Å². The van der Waals surface area contributed by atoms with Gasteiger partial charge in [0.2, 0.25) is 0 Å². The van der Waals surface area contributed by atoms with E-state index in [4.69, 9.17) is 9.84 Å². The van der Waals surface area contributed by atoms with Crippen LogP contribution < -0.4 is 0 Å². The highest BCUT2D eigenvalue weighted by Gasteiger charge is 2.17. The standard InChI is InChI=1S/C26H40O6/c1-7-23(17-32-22(6)27)15-20(4)13-18(2)12-19(3)14-21(5)16-24(26(30)31)10-8-9-11-25(28)29/h8-11,14,16,18-20,23H,7,12-13,15,17H2,1-6H3,(H,28,29)(H,30,31)/b10-8+,11-9+,21-14+,24-16-/t18-,19-,20-,23+/m1/s1. The Kier molecular flexibility index (Phi) is 14.7. The summed E-state index contributed by atoms with van der Waals surface area (Å²) in [4.78, 5) is 32.9. The van der Waals surface area contributed by atoms with Crippen molar-refractivity contribution in [1.82, 2.24) is 0 Å². The molecular formula is C26H40O6. The Morgan fingerprint density at radius 2 is 1.50 bits per heavy atom. The van der Waals surface area contributed by atoms with Crippen molar-refractivity contribution in [3.8, 4) is 0 Å². The quantitative estimate of drug-likeness (QED) is 0.186. The first-order valence-corrected chi connectivity index (χ1v) is 11.3. The number of hydrogen-bond acceptors (Lipinski definition) is 4. The summed E-state index contributed by atoms with van der Waals surface area (Å²) in [5.41, 5.74) is 0.954. The van der Waals surface area contributed by atoms with Crippen molar-refractivity contribution in [3.05, 3.63) is 47.6 Å². The minimum atomic E-state index is -1.08. The van der Waals surface area contributed by atoms with Crippen LogP contribution in [0, 0.1) is 23.7 Å². The SMILES string of the molecule is CC[C@H](COC(C)=O)C[C@H](C)C[C@H](C)C[C@@H](C)/C=C(C)/C=C(/C=C/C=C/C(=O)O)C(=O)O. The molecule has 0 saturated heterocycles. The van der Waals surface area contributed by atoms with Crippen LogP contribution in [-0.4, -0.2) is 34.7 Å². The number of aliphatic carboxylic acids is 2.